The number of benzene rings is 1. The van der Waals surface area contributed by atoms with Crippen LogP contribution in [0.5, 0.6) is 0 Å². The standard InChI is InChI=1S/C12H9Br2FN2O/c1-2-17-11(9(14)6-16-17)12(18)7-4-3-5-8(13)10(7)15/h3-6H,2H2,1H3. The minimum absolute atomic E-state index is 0.0280. The summed E-state index contributed by atoms with van der Waals surface area (Å²) in [5.41, 5.74) is 0.384. The summed E-state index contributed by atoms with van der Waals surface area (Å²) in [4.78, 5) is 12.3. The molecule has 0 unspecified atom stereocenters. The zero-order valence-corrected chi connectivity index (χ0v) is 12.6. The predicted octanol–water partition coefficient (Wildman–Crippen LogP) is 3.80. The Kier molecular flexibility index (Phi) is 3.97. The van der Waals surface area contributed by atoms with Gasteiger partial charge < -0.3 is 0 Å². The van der Waals surface area contributed by atoms with E-state index in [9.17, 15) is 9.18 Å². The molecule has 0 radical (unpaired) electrons. The van der Waals surface area contributed by atoms with Crippen molar-refractivity contribution in [1.29, 1.82) is 0 Å². The number of hydrogen-bond donors (Lipinski definition) is 0. The van der Waals surface area contributed by atoms with Gasteiger partial charge in [-0.2, -0.15) is 5.10 Å². The highest BCUT2D eigenvalue weighted by Gasteiger charge is 2.22. The number of carbonyl (C=O) groups is 1. The van der Waals surface area contributed by atoms with Crippen molar-refractivity contribution in [3.63, 3.8) is 0 Å². The third kappa shape index (κ3) is 2.27. The van der Waals surface area contributed by atoms with Crippen LogP contribution in [-0.4, -0.2) is 15.6 Å². The molecular formula is C12H9Br2FN2O. The van der Waals surface area contributed by atoms with Crippen molar-refractivity contribution < 1.29 is 9.18 Å². The summed E-state index contributed by atoms with van der Waals surface area (Å²) in [7, 11) is 0. The Hall–Kier alpha value is -1.01. The fourth-order valence-electron chi connectivity index (χ4n) is 1.63. The summed E-state index contributed by atoms with van der Waals surface area (Å²) in [6.07, 6.45) is 1.53. The molecule has 0 aliphatic carbocycles. The van der Waals surface area contributed by atoms with Crippen LogP contribution in [0, 0.1) is 5.82 Å². The molecule has 0 atom stereocenters. The second-order valence-electron chi connectivity index (χ2n) is 3.59. The van der Waals surface area contributed by atoms with Crippen molar-refractivity contribution in [1.82, 2.24) is 9.78 Å². The smallest absolute Gasteiger partial charge is 0.215 e. The van der Waals surface area contributed by atoms with Crippen molar-refractivity contribution in [3.8, 4) is 0 Å². The van der Waals surface area contributed by atoms with Crippen molar-refractivity contribution in [3.05, 3.63) is 50.4 Å². The van der Waals surface area contributed by atoms with Gasteiger partial charge in [-0.05, 0) is 50.9 Å². The summed E-state index contributed by atoms with van der Waals surface area (Å²) in [5, 5.41) is 4.05. The number of aryl methyl sites for hydroxylation is 1. The first-order chi connectivity index (χ1) is 8.56. The van der Waals surface area contributed by atoms with E-state index in [0.29, 0.717) is 16.7 Å². The van der Waals surface area contributed by atoms with Crippen LogP contribution in [0.2, 0.25) is 0 Å². The van der Waals surface area contributed by atoms with Crippen LogP contribution in [0.3, 0.4) is 0 Å². The molecular weight excluding hydrogens is 367 g/mol. The van der Waals surface area contributed by atoms with Crippen LogP contribution >= 0.6 is 31.9 Å². The lowest BCUT2D eigenvalue weighted by atomic mass is 10.1. The number of aromatic nitrogens is 2. The molecule has 0 fully saturated rings. The SMILES string of the molecule is CCn1ncc(Br)c1C(=O)c1cccc(Br)c1F. The molecule has 0 bridgehead atoms. The molecule has 3 nitrogen and oxygen atoms in total. The largest absolute Gasteiger partial charge is 0.287 e. The number of carbonyl (C=O) groups excluding carboxylic acids is 1. The first-order valence-corrected chi connectivity index (χ1v) is 6.84. The van der Waals surface area contributed by atoms with Crippen molar-refractivity contribution in [2.45, 2.75) is 13.5 Å². The lowest BCUT2D eigenvalue weighted by molar-refractivity contribution is 0.102. The molecule has 94 valence electrons. The number of nitrogens with zero attached hydrogens (tertiary/aromatic N) is 2. The number of ketones is 1. The molecule has 0 spiro atoms. The second kappa shape index (κ2) is 5.32. The molecule has 1 heterocycles. The Bertz CT molecular complexity index is 610. The molecule has 2 aromatic rings. The van der Waals surface area contributed by atoms with E-state index in [1.807, 2.05) is 6.92 Å². The Morgan fingerprint density at radius 1 is 1.39 bits per heavy atom. The Morgan fingerprint density at radius 2 is 2.11 bits per heavy atom. The van der Waals surface area contributed by atoms with Crippen LogP contribution in [-0.2, 0) is 6.54 Å². The molecule has 6 heteroatoms. The fourth-order valence-corrected chi connectivity index (χ4v) is 2.48. The maximum Gasteiger partial charge on any atom is 0.215 e. The number of halogens is 3. The quantitative estimate of drug-likeness (QED) is 0.765. The second-order valence-corrected chi connectivity index (χ2v) is 5.30. The summed E-state index contributed by atoms with van der Waals surface area (Å²) >= 11 is 6.33. The Balaban J connectivity index is 2.55. The first kappa shape index (κ1) is 13.4. The molecule has 1 aromatic heterocycles. The van der Waals surface area contributed by atoms with Crippen LogP contribution in [0.1, 0.15) is 23.0 Å². The van der Waals surface area contributed by atoms with Gasteiger partial charge in [0, 0.05) is 6.54 Å². The minimum Gasteiger partial charge on any atom is -0.287 e. The molecule has 1 aromatic carbocycles. The van der Waals surface area contributed by atoms with Gasteiger partial charge in [0.15, 0.2) is 0 Å². The van der Waals surface area contributed by atoms with Gasteiger partial charge in [-0.3, -0.25) is 9.48 Å². The van der Waals surface area contributed by atoms with E-state index in [4.69, 9.17) is 0 Å². The van der Waals surface area contributed by atoms with E-state index in [1.54, 1.807) is 12.1 Å². The van der Waals surface area contributed by atoms with Crippen molar-refractivity contribution in [2.75, 3.05) is 0 Å². The average molecular weight is 376 g/mol. The Labute approximate surface area is 120 Å². The van der Waals surface area contributed by atoms with Gasteiger partial charge in [0.2, 0.25) is 5.78 Å². The van der Waals surface area contributed by atoms with E-state index in [0.717, 1.165) is 0 Å². The highest BCUT2D eigenvalue weighted by atomic mass is 79.9. The molecule has 0 aliphatic rings. The molecule has 0 N–H and O–H groups in total. The zero-order valence-electron chi connectivity index (χ0n) is 9.45. The molecule has 2 rings (SSSR count). The van der Waals surface area contributed by atoms with Crippen LogP contribution < -0.4 is 0 Å². The zero-order chi connectivity index (χ0) is 13.3. The van der Waals surface area contributed by atoms with E-state index in [2.05, 4.69) is 37.0 Å². The average Bonchev–Trinajstić information content (AvgIpc) is 2.73. The summed E-state index contributed by atoms with van der Waals surface area (Å²) < 4.78 is 16.3. The maximum atomic E-state index is 13.9. The topological polar surface area (TPSA) is 34.9 Å². The third-order valence-corrected chi connectivity index (χ3v) is 3.70. The number of hydrogen-bond acceptors (Lipinski definition) is 2. The van der Waals surface area contributed by atoms with Gasteiger partial charge in [0.05, 0.1) is 20.7 Å². The fraction of sp³-hybridized carbons (Fsp3) is 0.167. The minimum atomic E-state index is -0.557. The van der Waals surface area contributed by atoms with Crippen molar-refractivity contribution >= 4 is 37.6 Å². The van der Waals surface area contributed by atoms with E-state index in [1.165, 1.54) is 16.9 Å². The van der Waals surface area contributed by atoms with Gasteiger partial charge in [-0.1, -0.05) is 6.07 Å². The summed E-state index contributed by atoms with van der Waals surface area (Å²) in [5.74, 6) is -0.946. The molecule has 18 heavy (non-hydrogen) atoms. The van der Waals surface area contributed by atoms with Gasteiger partial charge in [-0.15, -0.1) is 0 Å². The van der Waals surface area contributed by atoms with E-state index in [-0.39, 0.29) is 15.8 Å². The van der Waals surface area contributed by atoms with E-state index >= 15 is 0 Å². The molecule has 0 amide bonds. The molecule has 0 aliphatic heterocycles. The highest BCUT2D eigenvalue weighted by molar-refractivity contribution is 9.10. The third-order valence-electron chi connectivity index (χ3n) is 2.51. The summed E-state index contributed by atoms with van der Waals surface area (Å²) in [6.45, 7) is 2.41. The lowest BCUT2D eigenvalue weighted by Gasteiger charge is -2.06. The van der Waals surface area contributed by atoms with Crippen LogP contribution in [0.15, 0.2) is 33.3 Å². The number of rotatable bonds is 3. The van der Waals surface area contributed by atoms with Gasteiger partial charge in [-0.25, -0.2) is 4.39 Å². The van der Waals surface area contributed by atoms with Gasteiger partial charge >= 0.3 is 0 Å². The molecule has 0 saturated carbocycles. The monoisotopic (exact) mass is 374 g/mol. The predicted molar refractivity (Wildman–Crippen MR) is 73.1 cm³/mol. The lowest BCUT2D eigenvalue weighted by Crippen LogP contribution is -2.12. The van der Waals surface area contributed by atoms with Gasteiger partial charge in [0.1, 0.15) is 11.5 Å². The first-order valence-electron chi connectivity index (χ1n) is 5.26. The molecule has 0 saturated heterocycles. The highest BCUT2D eigenvalue weighted by Crippen LogP contribution is 2.24. The summed E-state index contributed by atoms with van der Waals surface area (Å²) in [6, 6.07) is 4.64. The van der Waals surface area contributed by atoms with Gasteiger partial charge in [0.25, 0.3) is 0 Å². The maximum absolute atomic E-state index is 13.9. The Morgan fingerprint density at radius 3 is 2.78 bits per heavy atom. The van der Waals surface area contributed by atoms with Crippen molar-refractivity contribution in [2.24, 2.45) is 0 Å². The van der Waals surface area contributed by atoms with Crippen LogP contribution in [0.25, 0.3) is 0 Å². The van der Waals surface area contributed by atoms with E-state index < -0.39 is 5.82 Å². The normalized spacial score (nSPS) is 10.7. The van der Waals surface area contributed by atoms with Crippen LogP contribution in [0.4, 0.5) is 4.39 Å².